The fraction of sp³-hybridized carbons (Fsp3) is 0.481. The van der Waals surface area contributed by atoms with Crippen molar-refractivity contribution in [3.63, 3.8) is 0 Å². The van der Waals surface area contributed by atoms with Crippen LogP contribution in [0.4, 0.5) is 0 Å². The summed E-state index contributed by atoms with van der Waals surface area (Å²) in [5, 5.41) is 4.23. The first-order chi connectivity index (χ1) is 17.0. The van der Waals surface area contributed by atoms with Crippen LogP contribution in [0.25, 0.3) is 22.2 Å². The average molecular weight is 551 g/mol. The second-order valence-corrected chi connectivity index (χ2v) is 9.39. The van der Waals surface area contributed by atoms with Gasteiger partial charge in [-0.3, -0.25) is 9.59 Å². The summed E-state index contributed by atoms with van der Waals surface area (Å²) in [7, 11) is 3.63. The number of para-hydroxylation sites is 1. The molecule has 0 aliphatic carbocycles. The summed E-state index contributed by atoms with van der Waals surface area (Å²) in [4.78, 5) is 39.3. The summed E-state index contributed by atoms with van der Waals surface area (Å²) < 4.78 is 5.57. The molecule has 0 unspecified atom stereocenters. The monoisotopic (exact) mass is 549 g/mol. The predicted octanol–water partition coefficient (Wildman–Crippen LogP) is 5.13. The lowest BCUT2D eigenvalue weighted by atomic mass is 9.98. The van der Waals surface area contributed by atoms with Crippen LogP contribution in [0.15, 0.2) is 36.5 Å². The number of ketones is 1. The molecule has 37 heavy (non-hydrogen) atoms. The number of nitrogens with zero attached hydrogens (tertiary/aromatic N) is 3. The van der Waals surface area contributed by atoms with Gasteiger partial charge in [0.15, 0.2) is 0 Å². The van der Waals surface area contributed by atoms with Gasteiger partial charge in [-0.25, -0.2) is 9.97 Å². The van der Waals surface area contributed by atoms with Crippen molar-refractivity contribution < 1.29 is 14.3 Å². The topological polar surface area (TPSA) is 100 Å². The molecule has 10 heteroatoms. The summed E-state index contributed by atoms with van der Waals surface area (Å²) >= 11 is 0. The lowest BCUT2D eigenvalue weighted by molar-refractivity contribution is -0.130. The van der Waals surface area contributed by atoms with E-state index in [4.69, 9.17) is 4.74 Å². The van der Waals surface area contributed by atoms with Gasteiger partial charge in [0.1, 0.15) is 11.6 Å². The minimum absolute atomic E-state index is 0. The SMILES string of the molecule is CCC(=O)CCCCC[C@H](NC(=O)C1CN(C)C1)c1ncc(-c2cc3ccccc3nc2OC)[nH]1.Cl.Cl. The Morgan fingerprint density at radius 2 is 1.95 bits per heavy atom. The summed E-state index contributed by atoms with van der Waals surface area (Å²) in [6, 6.07) is 9.73. The molecule has 1 aliphatic rings. The zero-order valence-electron chi connectivity index (χ0n) is 21.7. The number of likely N-dealkylation sites (tertiary alicyclic amines) is 1. The normalized spacial score (nSPS) is 14.2. The van der Waals surface area contributed by atoms with E-state index in [0.717, 1.165) is 66.8 Å². The molecule has 1 aromatic carbocycles. The quantitative estimate of drug-likeness (QED) is 0.304. The van der Waals surface area contributed by atoms with Gasteiger partial charge < -0.3 is 19.9 Å². The van der Waals surface area contributed by atoms with Gasteiger partial charge in [-0.1, -0.05) is 38.0 Å². The van der Waals surface area contributed by atoms with Crippen LogP contribution < -0.4 is 10.1 Å². The number of fused-ring (bicyclic) bond motifs is 1. The first-order valence-corrected chi connectivity index (χ1v) is 12.5. The first kappa shape index (κ1) is 30.5. The molecule has 0 radical (unpaired) electrons. The third-order valence-corrected chi connectivity index (χ3v) is 6.69. The molecule has 1 amide bonds. The van der Waals surface area contributed by atoms with Gasteiger partial charge >= 0.3 is 0 Å². The Bertz CT molecular complexity index is 1180. The van der Waals surface area contributed by atoms with Crippen LogP contribution in [0.3, 0.4) is 0 Å². The fourth-order valence-electron chi connectivity index (χ4n) is 4.55. The molecule has 2 N–H and O–H groups in total. The third-order valence-electron chi connectivity index (χ3n) is 6.69. The van der Waals surface area contributed by atoms with E-state index in [9.17, 15) is 9.59 Å². The van der Waals surface area contributed by atoms with Crippen LogP contribution in [0.5, 0.6) is 5.88 Å². The van der Waals surface area contributed by atoms with Crippen molar-refractivity contribution in [2.75, 3.05) is 27.2 Å². The molecule has 202 valence electrons. The highest BCUT2D eigenvalue weighted by atomic mass is 35.5. The second-order valence-electron chi connectivity index (χ2n) is 9.39. The molecule has 0 bridgehead atoms. The summed E-state index contributed by atoms with van der Waals surface area (Å²) in [6.07, 6.45) is 6.49. The van der Waals surface area contributed by atoms with Crippen LogP contribution in [-0.2, 0) is 9.59 Å². The van der Waals surface area contributed by atoms with Gasteiger partial charge in [-0.2, -0.15) is 0 Å². The number of unbranched alkanes of at least 4 members (excludes halogenated alkanes) is 2. The molecule has 4 rings (SSSR count). The molecular weight excluding hydrogens is 513 g/mol. The van der Waals surface area contributed by atoms with Gasteiger partial charge in [-0.15, -0.1) is 24.8 Å². The van der Waals surface area contributed by atoms with Crippen LogP contribution >= 0.6 is 24.8 Å². The van der Waals surface area contributed by atoms with Crippen LogP contribution in [0.1, 0.15) is 57.3 Å². The van der Waals surface area contributed by atoms with Crippen molar-refractivity contribution >= 4 is 47.4 Å². The number of aromatic nitrogens is 3. The minimum Gasteiger partial charge on any atom is -0.480 e. The predicted molar refractivity (Wildman–Crippen MR) is 151 cm³/mol. The van der Waals surface area contributed by atoms with Crippen LogP contribution in [0, 0.1) is 5.92 Å². The van der Waals surface area contributed by atoms with E-state index >= 15 is 0 Å². The number of hydrogen-bond donors (Lipinski definition) is 2. The summed E-state index contributed by atoms with van der Waals surface area (Å²) in [5.41, 5.74) is 2.49. The number of Topliss-reactive ketones (excluding diaryl/α,β-unsaturated/α-hetero) is 1. The number of H-pyrrole nitrogens is 1. The first-order valence-electron chi connectivity index (χ1n) is 12.5. The highest BCUT2D eigenvalue weighted by Gasteiger charge is 2.32. The minimum atomic E-state index is -0.219. The number of halogens is 2. The van der Waals surface area contributed by atoms with E-state index in [2.05, 4.69) is 25.2 Å². The number of amides is 1. The summed E-state index contributed by atoms with van der Waals surface area (Å²) in [5.74, 6) is 1.64. The maximum absolute atomic E-state index is 12.8. The van der Waals surface area contributed by atoms with Crippen molar-refractivity contribution in [1.29, 1.82) is 0 Å². The standard InChI is InChI=1S/C27H35N5O3.2ClH/c1-4-20(33)11-6-5-7-13-23(30-26(34)19-16-32(2)17-19)25-28-15-24(29-25)21-14-18-10-8-9-12-22(18)31-27(21)35-3;;/h8-10,12,14-15,19,23H,4-7,11,13,16-17H2,1-3H3,(H,28,29)(H,30,34);2*1H/t23-;;/m0../s1. The molecule has 1 aliphatic heterocycles. The van der Waals surface area contributed by atoms with E-state index < -0.39 is 0 Å². The number of ether oxygens (including phenoxy) is 1. The van der Waals surface area contributed by atoms with Gasteiger partial charge in [-0.05, 0) is 32.0 Å². The molecule has 2 aromatic heterocycles. The van der Waals surface area contributed by atoms with Crippen LogP contribution in [-0.4, -0.2) is 58.8 Å². The number of rotatable bonds is 12. The third kappa shape index (κ3) is 7.66. The highest BCUT2D eigenvalue weighted by molar-refractivity contribution is 5.86. The molecule has 8 nitrogen and oxygen atoms in total. The van der Waals surface area contributed by atoms with Crippen molar-refractivity contribution in [2.24, 2.45) is 5.92 Å². The lowest BCUT2D eigenvalue weighted by Gasteiger charge is -2.35. The van der Waals surface area contributed by atoms with Crippen molar-refractivity contribution in [3.8, 4) is 17.1 Å². The van der Waals surface area contributed by atoms with E-state index in [1.807, 2.05) is 44.3 Å². The Labute approximate surface area is 230 Å². The van der Waals surface area contributed by atoms with Crippen molar-refractivity contribution in [2.45, 2.75) is 51.5 Å². The van der Waals surface area contributed by atoms with Gasteiger partial charge in [0.05, 0.1) is 42.0 Å². The van der Waals surface area contributed by atoms with Gasteiger partial charge in [0, 0.05) is 31.3 Å². The number of aromatic amines is 1. The molecule has 1 fully saturated rings. The summed E-state index contributed by atoms with van der Waals surface area (Å²) in [6.45, 7) is 3.46. The van der Waals surface area contributed by atoms with Crippen LogP contribution in [0.2, 0.25) is 0 Å². The van der Waals surface area contributed by atoms with E-state index in [-0.39, 0.29) is 42.7 Å². The Balaban J connectivity index is 0.00000241. The molecule has 0 spiro atoms. The second kappa shape index (κ2) is 14.3. The number of methoxy groups -OCH3 is 1. The Morgan fingerprint density at radius 1 is 1.19 bits per heavy atom. The zero-order chi connectivity index (χ0) is 24.8. The van der Waals surface area contributed by atoms with Crippen molar-refractivity contribution in [3.05, 3.63) is 42.4 Å². The van der Waals surface area contributed by atoms with E-state index in [0.29, 0.717) is 24.5 Å². The maximum Gasteiger partial charge on any atom is 0.226 e. The molecular formula is C27H37Cl2N5O3. The molecule has 0 saturated carbocycles. The molecule has 1 atom stereocenters. The highest BCUT2D eigenvalue weighted by Crippen LogP contribution is 2.32. The zero-order valence-corrected chi connectivity index (χ0v) is 23.3. The van der Waals surface area contributed by atoms with E-state index in [1.54, 1.807) is 13.3 Å². The smallest absolute Gasteiger partial charge is 0.226 e. The Morgan fingerprint density at radius 3 is 2.65 bits per heavy atom. The molecule has 1 saturated heterocycles. The number of benzene rings is 1. The lowest BCUT2D eigenvalue weighted by Crippen LogP contribution is -2.52. The Kier molecular flexibility index (Phi) is 11.8. The maximum atomic E-state index is 12.8. The van der Waals surface area contributed by atoms with Gasteiger partial charge in [0.25, 0.3) is 0 Å². The van der Waals surface area contributed by atoms with Crippen molar-refractivity contribution in [1.82, 2.24) is 25.2 Å². The number of nitrogens with one attached hydrogen (secondary N) is 2. The van der Waals surface area contributed by atoms with Gasteiger partial charge in [0.2, 0.25) is 11.8 Å². The number of hydrogen-bond acceptors (Lipinski definition) is 6. The number of carbonyl (C=O) groups is 2. The fourth-order valence-corrected chi connectivity index (χ4v) is 4.55. The molecule has 3 aromatic rings. The largest absolute Gasteiger partial charge is 0.480 e. The van der Waals surface area contributed by atoms with E-state index in [1.165, 1.54) is 0 Å². The number of imidazole rings is 1. The Hall–Kier alpha value is -2.68. The number of pyridine rings is 1. The molecule has 3 heterocycles. The average Bonchev–Trinajstić information content (AvgIpc) is 3.34. The number of carbonyl (C=O) groups excluding carboxylic acids is 2.